The number of rotatable bonds is 4. The molecule has 1 aliphatic rings. The van der Waals surface area contributed by atoms with Crippen molar-refractivity contribution in [3.8, 4) is 0 Å². The zero-order valence-electron chi connectivity index (χ0n) is 14.1. The normalized spacial score (nSPS) is 15.6. The van der Waals surface area contributed by atoms with E-state index in [9.17, 15) is 4.79 Å². The summed E-state index contributed by atoms with van der Waals surface area (Å²) in [5.41, 5.74) is 2.06. The number of likely N-dealkylation sites (N-methyl/N-ethyl adjacent to an activating group) is 1. The predicted molar refractivity (Wildman–Crippen MR) is 100.0 cm³/mol. The van der Waals surface area contributed by atoms with Crippen molar-refractivity contribution >= 4 is 34.6 Å². The number of hydrogen-bond donors (Lipinski definition) is 2. The van der Waals surface area contributed by atoms with Gasteiger partial charge in [-0.2, -0.15) is 0 Å². The van der Waals surface area contributed by atoms with E-state index >= 15 is 0 Å². The van der Waals surface area contributed by atoms with Crippen molar-refractivity contribution in [1.82, 2.24) is 10.2 Å². The van der Waals surface area contributed by atoms with Crippen LogP contribution in [0.3, 0.4) is 0 Å². The number of thiocarbonyl (C=S) groups is 1. The first-order valence-electron chi connectivity index (χ1n) is 8.09. The molecule has 5 nitrogen and oxygen atoms in total. The van der Waals surface area contributed by atoms with Gasteiger partial charge in [-0.05, 0) is 37.3 Å². The summed E-state index contributed by atoms with van der Waals surface area (Å²) in [6, 6.07) is 8.08. The molecule has 2 rings (SSSR count). The molecule has 1 aromatic rings. The Morgan fingerprint density at radius 3 is 2.52 bits per heavy atom. The Balaban J connectivity index is 2.00. The minimum absolute atomic E-state index is 0.0467. The van der Waals surface area contributed by atoms with Gasteiger partial charge in [-0.1, -0.05) is 26.0 Å². The molecule has 0 bridgehead atoms. The van der Waals surface area contributed by atoms with Gasteiger partial charge in [-0.3, -0.25) is 4.79 Å². The smallest absolute Gasteiger partial charge is 0.226 e. The SMILES string of the molecule is CC(C)CC(=O)NC(=S)Nc1ccccc1N1CCN(C)CC1. The maximum Gasteiger partial charge on any atom is 0.226 e. The monoisotopic (exact) mass is 334 g/mol. The molecule has 0 saturated carbocycles. The molecule has 1 fully saturated rings. The number of carbonyl (C=O) groups excluding carboxylic acids is 1. The molecule has 0 atom stereocenters. The average Bonchev–Trinajstić information content (AvgIpc) is 2.47. The highest BCUT2D eigenvalue weighted by molar-refractivity contribution is 7.80. The van der Waals surface area contributed by atoms with Gasteiger partial charge >= 0.3 is 0 Å². The summed E-state index contributed by atoms with van der Waals surface area (Å²) in [7, 11) is 2.14. The van der Waals surface area contributed by atoms with Crippen molar-refractivity contribution in [2.24, 2.45) is 5.92 Å². The van der Waals surface area contributed by atoms with Crippen LogP contribution in [-0.4, -0.2) is 49.1 Å². The van der Waals surface area contributed by atoms with Gasteiger partial charge in [-0.15, -0.1) is 0 Å². The van der Waals surface area contributed by atoms with Crippen LogP contribution in [0.25, 0.3) is 0 Å². The Morgan fingerprint density at radius 1 is 1.22 bits per heavy atom. The Kier molecular flexibility index (Phi) is 6.36. The van der Waals surface area contributed by atoms with Gasteiger partial charge in [0, 0.05) is 32.6 Å². The molecule has 0 radical (unpaired) electrons. The van der Waals surface area contributed by atoms with Crippen molar-refractivity contribution in [3.05, 3.63) is 24.3 Å². The highest BCUT2D eigenvalue weighted by atomic mass is 32.1. The number of para-hydroxylation sites is 2. The fourth-order valence-electron chi connectivity index (χ4n) is 2.60. The van der Waals surface area contributed by atoms with Crippen molar-refractivity contribution in [2.75, 3.05) is 43.4 Å². The van der Waals surface area contributed by atoms with Crippen LogP contribution in [0.15, 0.2) is 24.3 Å². The second-order valence-corrected chi connectivity index (χ2v) is 6.82. The summed E-state index contributed by atoms with van der Waals surface area (Å²) in [5.74, 6) is 0.269. The van der Waals surface area contributed by atoms with Crippen molar-refractivity contribution in [2.45, 2.75) is 20.3 Å². The maximum atomic E-state index is 11.8. The molecule has 1 aliphatic heterocycles. The van der Waals surface area contributed by atoms with E-state index in [0.717, 1.165) is 37.6 Å². The lowest BCUT2D eigenvalue weighted by molar-refractivity contribution is -0.120. The molecular weight excluding hydrogens is 308 g/mol. The topological polar surface area (TPSA) is 47.6 Å². The van der Waals surface area contributed by atoms with E-state index in [2.05, 4.69) is 33.5 Å². The van der Waals surface area contributed by atoms with Crippen LogP contribution >= 0.6 is 12.2 Å². The minimum atomic E-state index is -0.0467. The summed E-state index contributed by atoms with van der Waals surface area (Å²) in [5, 5.41) is 6.28. The maximum absolute atomic E-state index is 11.8. The molecule has 1 amide bonds. The second kappa shape index (κ2) is 8.26. The highest BCUT2D eigenvalue weighted by Crippen LogP contribution is 2.26. The summed E-state index contributed by atoms with van der Waals surface area (Å²) < 4.78 is 0. The molecule has 23 heavy (non-hydrogen) atoms. The molecule has 1 aromatic carbocycles. The molecule has 0 aromatic heterocycles. The standard InChI is InChI=1S/C17H26N4OS/c1-13(2)12-16(22)19-17(23)18-14-6-4-5-7-15(14)21-10-8-20(3)9-11-21/h4-7,13H,8-12H2,1-3H3,(H2,18,19,22,23). The van der Waals surface area contributed by atoms with Crippen molar-refractivity contribution in [3.63, 3.8) is 0 Å². The number of piperazine rings is 1. The van der Waals surface area contributed by atoms with Gasteiger partial charge in [-0.25, -0.2) is 0 Å². The zero-order valence-corrected chi connectivity index (χ0v) is 14.9. The summed E-state index contributed by atoms with van der Waals surface area (Å²) in [6.45, 7) is 8.09. The van der Waals surface area contributed by atoms with E-state index in [4.69, 9.17) is 12.2 Å². The third kappa shape index (κ3) is 5.48. The first-order chi connectivity index (χ1) is 11.0. The molecule has 1 heterocycles. The van der Waals surface area contributed by atoms with Crippen LogP contribution in [0, 0.1) is 5.92 Å². The van der Waals surface area contributed by atoms with Crippen LogP contribution in [-0.2, 0) is 4.79 Å². The largest absolute Gasteiger partial charge is 0.367 e. The molecule has 126 valence electrons. The van der Waals surface area contributed by atoms with Crippen molar-refractivity contribution in [1.29, 1.82) is 0 Å². The van der Waals surface area contributed by atoms with Gasteiger partial charge in [0.05, 0.1) is 11.4 Å². The van der Waals surface area contributed by atoms with Crippen LogP contribution in [0.2, 0.25) is 0 Å². The number of nitrogens with one attached hydrogen (secondary N) is 2. The zero-order chi connectivity index (χ0) is 16.8. The Bertz CT molecular complexity index is 553. The Hall–Kier alpha value is -1.66. The van der Waals surface area contributed by atoms with E-state index in [1.54, 1.807) is 0 Å². The summed E-state index contributed by atoms with van der Waals surface area (Å²) in [6.07, 6.45) is 0.474. The van der Waals surface area contributed by atoms with Crippen LogP contribution < -0.4 is 15.5 Å². The van der Waals surface area contributed by atoms with Gasteiger partial charge in [0.25, 0.3) is 0 Å². The third-order valence-corrected chi connectivity index (χ3v) is 4.05. The van der Waals surface area contributed by atoms with Crippen LogP contribution in [0.4, 0.5) is 11.4 Å². The lowest BCUT2D eigenvalue weighted by atomic mass is 10.1. The van der Waals surface area contributed by atoms with E-state index < -0.39 is 0 Å². The van der Waals surface area contributed by atoms with E-state index in [1.807, 2.05) is 32.0 Å². The van der Waals surface area contributed by atoms with Gasteiger partial charge in [0.2, 0.25) is 5.91 Å². The first kappa shape index (κ1) is 17.7. The molecule has 1 saturated heterocycles. The highest BCUT2D eigenvalue weighted by Gasteiger charge is 2.17. The number of benzene rings is 1. The quantitative estimate of drug-likeness (QED) is 0.828. The number of anilines is 2. The molecule has 0 unspecified atom stereocenters. The van der Waals surface area contributed by atoms with Gasteiger partial charge in [0.1, 0.15) is 0 Å². The number of hydrogen-bond acceptors (Lipinski definition) is 4. The van der Waals surface area contributed by atoms with Crippen LogP contribution in [0.1, 0.15) is 20.3 Å². The number of amides is 1. The second-order valence-electron chi connectivity index (χ2n) is 6.41. The van der Waals surface area contributed by atoms with E-state index in [0.29, 0.717) is 17.5 Å². The minimum Gasteiger partial charge on any atom is -0.367 e. The predicted octanol–water partition coefficient (Wildman–Crippen LogP) is 2.30. The summed E-state index contributed by atoms with van der Waals surface area (Å²) >= 11 is 5.28. The number of nitrogens with zero attached hydrogens (tertiary/aromatic N) is 2. The third-order valence-electron chi connectivity index (χ3n) is 3.84. The fraction of sp³-hybridized carbons (Fsp3) is 0.529. The molecule has 0 spiro atoms. The molecular formula is C17H26N4OS. The Labute approximate surface area is 144 Å². The molecule has 6 heteroatoms. The molecule has 2 N–H and O–H groups in total. The summed E-state index contributed by atoms with van der Waals surface area (Å²) in [4.78, 5) is 16.5. The molecule has 0 aliphatic carbocycles. The van der Waals surface area contributed by atoms with Crippen molar-refractivity contribution < 1.29 is 4.79 Å². The lowest BCUT2D eigenvalue weighted by Crippen LogP contribution is -2.45. The lowest BCUT2D eigenvalue weighted by Gasteiger charge is -2.35. The average molecular weight is 334 g/mol. The Morgan fingerprint density at radius 2 is 1.87 bits per heavy atom. The fourth-order valence-corrected chi connectivity index (χ4v) is 2.83. The van der Waals surface area contributed by atoms with Gasteiger partial charge in [0.15, 0.2) is 5.11 Å². The van der Waals surface area contributed by atoms with E-state index in [-0.39, 0.29) is 5.91 Å². The van der Waals surface area contributed by atoms with Crippen LogP contribution in [0.5, 0.6) is 0 Å². The van der Waals surface area contributed by atoms with Gasteiger partial charge < -0.3 is 20.4 Å². The number of carbonyl (C=O) groups is 1. The van der Waals surface area contributed by atoms with E-state index in [1.165, 1.54) is 0 Å². The first-order valence-corrected chi connectivity index (χ1v) is 8.50.